The van der Waals surface area contributed by atoms with E-state index in [1.807, 2.05) is 32.3 Å². The molecule has 1 aromatic heterocycles. The normalized spacial score (nSPS) is 14.8. The largest absolute Gasteiger partial charge is 0.541 e. The Morgan fingerprint density at radius 1 is 0.623 bits per heavy atom. The summed E-state index contributed by atoms with van der Waals surface area (Å²) in [6.45, 7) is 2.72. The van der Waals surface area contributed by atoms with Crippen LogP contribution < -0.4 is 9.97 Å². The van der Waals surface area contributed by atoms with E-state index in [0.29, 0.717) is 6.54 Å². The molecule has 0 bridgehead atoms. The van der Waals surface area contributed by atoms with Gasteiger partial charge in [0, 0.05) is 41.6 Å². The molecule has 0 saturated heterocycles. The molecule has 3 heterocycles. The van der Waals surface area contributed by atoms with Gasteiger partial charge in [-0.25, -0.2) is 9.98 Å². The molecule has 1 N–H and O–H groups in total. The molecule has 0 fully saturated rings. The molecule has 0 aliphatic carbocycles. The van der Waals surface area contributed by atoms with Crippen LogP contribution in [-0.2, 0) is 6.54 Å². The van der Waals surface area contributed by atoms with Crippen molar-refractivity contribution in [1.82, 2.24) is 9.38 Å². The summed E-state index contributed by atoms with van der Waals surface area (Å²) in [5, 5.41) is 5.57. The summed E-state index contributed by atoms with van der Waals surface area (Å²) in [4.78, 5) is 17.6. The Labute approximate surface area is 309 Å². The van der Waals surface area contributed by atoms with E-state index in [1.165, 1.54) is 5.56 Å². The second kappa shape index (κ2) is 13.5. The number of hydrogen-bond acceptors (Lipinski definition) is 5. The van der Waals surface area contributed by atoms with E-state index in [2.05, 4.69) is 155 Å². The standard InChI is InChI=1S/C45H37BN6O/c1-46(53-35-27-33(30-16-6-4-7-17-30)26-34(28-35)31-18-8-5-9-19-31)52-42(47-2)37-22-12-15-25-40(37)45(52)50-44-39-24-14-13-23-38(39)43(51(44)3)49-41-36-21-11-10-20-32(36)29-48-41/h4-28,47H,29H2,1-3H3/b49-43-,50-44-. The van der Waals surface area contributed by atoms with Crippen LogP contribution in [0.1, 0.15) is 22.3 Å². The predicted molar refractivity (Wildman–Crippen MR) is 220 cm³/mol. The highest BCUT2D eigenvalue weighted by atomic mass is 16.4. The number of anilines is 1. The van der Waals surface area contributed by atoms with Gasteiger partial charge < -0.3 is 19.3 Å². The fraction of sp³-hybridized carbons (Fsp3) is 0.0889. The van der Waals surface area contributed by atoms with Crippen LogP contribution in [0, 0.1) is 0 Å². The molecule has 0 unspecified atom stereocenters. The summed E-state index contributed by atoms with van der Waals surface area (Å²) in [6, 6.07) is 52.4. The number of fused-ring (bicyclic) bond motifs is 3. The van der Waals surface area contributed by atoms with Gasteiger partial charge >= 0.3 is 7.05 Å². The zero-order chi connectivity index (χ0) is 35.9. The first-order valence-corrected chi connectivity index (χ1v) is 17.9. The first-order chi connectivity index (χ1) is 26.1. The topological polar surface area (TPSA) is 66.5 Å². The van der Waals surface area contributed by atoms with Gasteiger partial charge in [-0.1, -0.05) is 133 Å². The molecule has 0 spiro atoms. The first-order valence-electron chi connectivity index (χ1n) is 17.9. The highest BCUT2D eigenvalue weighted by molar-refractivity contribution is 6.52. The average Bonchev–Trinajstić information content (AvgIpc) is 3.85. The van der Waals surface area contributed by atoms with Crippen molar-refractivity contribution in [2.75, 3.05) is 19.4 Å². The molecule has 9 rings (SSSR count). The number of hydrogen-bond donors (Lipinski definition) is 1. The third-order valence-electron chi connectivity index (χ3n) is 10.0. The van der Waals surface area contributed by atoms with Crippen LogP contribution >= 0.6 is 0 Å². The van der Waals surface area contributed by atoms with Gasteiger partial charge in [-0.2, -0.15) is 0 Å². The second-order valence-corrected chi connectivity index (χ2v) is 13.3. The van der Waals surface area contributed by atoms with Gasteiger partial charge in [0.15, 0.2) is 5.84 Å². The quantitative estimate of drug-likeness (QED) is 0.170. The Morgan fingerprint density at radius 2 is 1.17 bits per heavy atom. The molecule has 0 saturated carbocycles. The van der Waals surface area contributed by atoms with Crippen molar-refractivity contribution < 1.29 is 4.65 Å². The highest BCUT2D eigenvalue weighted by Gasteiger charge is 2.32. The fourth-order valence-electron chi connectivity index (χ4n) is 7.51. The number of aromatic nitrogens is 1. The van der Waals surface area contributed by atoms with Crippen LogP contribution in [0.2, 0.25) is 6.82 Å². The molecule has 7 nitrogen and oxygen atoms in total. The summed E-state index contributed by atoms with van der Waals surface area (Å²) in [6.07, 6.45) is 0. The molecular formula is C45H37BN6O. The van der Waals surface area contributed by atoms with E-state index >= 15 is 0 Å². The van der Waals surface area contributed by atoms with Crippen LogP contribution in [0.4, 0.5) is 11.6 Å². The lowest BCUT2D eigenvalue weighted by atomic mass is 9.86. The molecule has 8 heteroatoms. The van der Waals surface area contributed by atoms with Crippen molar-refractivity contribution in [3.05, 3.63) is 174 Å². The Balaban J connectivity index is 1.16. The Hall–Kier alpha value is -6.67. The molecular weight excluding hydrogens is 651 g/mol. The maximum atomic E-state index is 6.94. The lowest BCUT2D eigenvalue weighted by Gasteiger charge is -2.20. The van der Waals surface area contributed by atoms with E-state index in [4.69, 9.17) is 19.6 Å². The molecule has 53 heavy (non-hydrogen) atoms. The van der Waals surface area contributed by atoms with Crippen LogP contribution in [0.5, 0.6) is 5.75 Å². The molecule has 0 amide bonds. The SMILES string of the molecule is CNc1c2ccccc2c(/N=C2/c3ccccc3/C(=N/C3=NCc4ccccc43)N2C)n1B(C)Oc1cc(-c2ccccc2)cc(-c2ccccc2)c1. The van der Waals surface area contributed by atoms with Crippen LogP contribution in [-0.4, -0.2) is 48.0 Å². The number of amidine groups is 3. The van der Waals surface area contributed by atoms with E-state index in [1.54, 1.807) is 0 Å². The smallest absolute Gasteiger partial charge is 0.486 e. The Kier molecular flexibility index (Phi) is 8.20. The van der Waals surface area contributed by atoms with Gasteiger partial charge in [0.2, 0.25) is 0 Å². The van der Waals surface area contributed by atoms with Crippen molar-refractivity contribution in [3.8, 4) is 28.0 Å². The number of rotatable bonds is 7. The van der Waals surface area contributed by atoms with E-state index < -0.39 is 7.05 Å². The lowest BCUT2D eigenvalue weighted by Crippen LogP contribution is -2.30. The van der Waals surface area contributed by atoms with Crippen LogP contribution in [0.25, 0.3) is 33.0 Å². The summed E-state index contributed by atoms with van der Waals surface area (Å²) >= 11 is 0. The number of nitrogens with zero attached hydrogens (tertiary/aromatic N) is 5. The first kappa shape index (κ1) is 32.3. The fourth-order valence-corrected chi connectivity index (χ4v) is 7.51. The van der Waals surface area contributed by atoms with Gasteiger partial charge in [0.05, 0.1) is 6.54 Å². The third-order valence-corrected chi connectivity index (χ3v) is 10.0. The predicted octanol–water partition coefficient (Wildman–Crippen LogP) is 9.79. The molecule has 6 aromatic carbocycles. The van der Waals surface area contributed by atoms with Crippen molar-refractivity contribution in [3.63, 3.8) is 0 Å². The van der Waals surface area contributed by atoms with E-state index in [9.17, 15) is 0 Å². The number of nitrogens with one attached hydrogen (secondary N) is 1. The molecule has 7 aromatic rings. The van der Waals surface area contributed by atoms with Crippen molar-refractivity contribution >= 4 is 47.0 Å². The minimum absolute atomic E-state index is 0.432. The zero-order valence-electron chi connectivity index (χ0n) is 29.9. The third kappa shape index (κ3) is 5.78. The summed E-state index contributed by atoms with van der Waals surface area (Å²) in [5.41, 5.74) is 8.74. The second-order valence-electron chi connectivity index (χ2n) is 13.3. The molecule has 0 atom stereocenters. The monoisotopic (exact) mass is 688 g/mol. The van der Waals surface area contributed by atoms with E-state index in [-0.39, 0.29) is 0 Å². The van der Waals surface area contributed by atoms with Gasteiger partial charge in [-0.3, -0.25) is 4.99 Å². The summed E-state index contributed by atoms with van der Waals surface area (Å²) in [7, 11) is 3.55. The van der Waals surface area contributed by atoms with Crippen molar-refractivity contribution in [2.24, 2.45) is 15.0 Å². The van der Waals surface area contributed by atoms with Gasteiger partial charge in [0.25, 0.3) is 0 Å². The minimum Gasteiger partial charge on any atom is -0.541 e. The zero-order valence-corrected chi connectivity index (χ0v) is 29.9. The van der Waals surface area contributed by atoms with Crippen LogP contribution in [0.15, 0.2) is 167 Å². The number of benzene rings is 6. The number of aliphatic imine (C=N–C) groups is 3. The maximum Gasteiger partial charge on any atom is 0.486 e. The summed E-state index contributed by atoms with van der Waals surface area (Å²) in [5.74, 6) is 4.87. The molecule has 2 aliphatic rings. The van der Waals surface area contributed by atoms with E-state index in [0.717, 1.165) is 84.6 Å². The van der Waals surface area contributed by atoms with Crippen molar-refractivity contribution in [2.45, 2.75) is 13.4 Å². The van der Waals surface area contributed by atoms with Gasteiger partial charge in [0.1, 0.15) is 29.1 Å². The Morgan fingerprint density at radius 3 is 1.81 bits per heavy atom. The molecule has 256 valence electrons. The summed E-state index contributed by atoms with van der Waals surface area (Å²) < 4.78 is 9.11. The van der Waals surface area contributed by atoms with Crippen LogP contribution in [0.3, 0.4) is 0 Å². The average molecular weight is 689 g/mol. The molecule has 2 aliphatic heterocycles. The Bertz CT molecular complexity index is 2530. The highest BCUT2D eigenvalue weighted by Crippen LogP contribution is 2.39. The van der Waals surface area contributed by atoms with Gasteiger partial charge in [-0.05, 0) is 52.8 Å². The lowest BCUT2D eigenvalue weighted by molar-refractivity contribution is 0.562. The van der Waals surface area contributed by atoms with Gasteiger partial charge in [-0.15, -0.1) is 0 Å². The minimum atomic E-state index is -0.432. The maximum absolute atomic E-state index is 6.94. The molecule has 0 radical (unpaired) electrons. The van der Waals surface area contributed by atoms with Crippen molar-refractivity contribution in [1.29, 1.82) is 0 Å².